The van der Waals surface area contributed by atoms with Gasteiger partial charge in [-0.2, -0.15) is 0 Å². The van der Waals surface area contributed by atoms with Crippen molar-refractivity contribution in [2.75, 3.05) is 13.2 Å². The molecule has 0 amide bonds. The third-order valence-corrected chi connectivity index (χ3v) is 3.99. The van der Waals surface area contributed by atoms with Gasteiger partial charge in [-0.05, 0) is 37.8 Å². The van der Waals surface area contributed by atoms with Crippen molar-refractivity contribution in [2.24, 2.45) is 5.92 Å². The van der Waals surface area contributed by atoms with Crippen LogP contribution in [0.15, 0.2) is 30.6 Å². The number of hydrogen-bond acceptors (Lipinski definition) is 3. The zero-order valence-corrected chi connectivity index (χ0v) is 11.4. The highest BCUT2D eigenvalue weighted by molar-refractivity contribution is 5.39. The van der Waals surface area contributed by atoms with E-state index < -0.39 is 0 Å². The predicted octanol–water partition coefficient (Wildman–Crippen LogP) is 2.24. The van der Waals surface area contributed by atoms with Crippen molar-refractivity contribution in [2.45, 2.75) is 32.4 Å². The summed E-state index contributed by atoms with van der Waals surface area (Å²) >= 11 is 0. The van der Waals surface area contributed by atoms with E-state index in [1.54, 1.807) is 0 Å². The number of pyridine rings is 1. The van der Waals surface area contributed by atoms with Gasteiger partial charge in [0.2, 0.25) is 0 Å². The quantitative estimate of drug-likeness (QED) is 0.915. The number of fused-ring (bicyclic) bond motifs is 1. The van der Waals surface area contributed by atoms with Crippen molar-refractivity contribution in [3.63, 3.8) is 0 Å². The predicted molar refractivity (Wildman–Crippen MR) is 75.0 cm³/mol. The van der Waals surface area contributed by atoms with Gasteiger partial charge in [-0.25, -0.2) is 4.98 Å². The summed E-state index contributed by atoms with van der Waals surface area (Å²) in [6.07, 6.45) is 6.46. The van der Waals surface area contributed by atoms with Crippen LogP contribution >= 0.6 is 0 Å². The highest BCUT2D eigenvalue weighted by Crippen LogP contribution is 2.18. The topological polar surface area (TPSA) is 38.6 Å². The molecule has 1 fully saturated rings. The Kier molecular flexibility index (Phi) is 3.80. The lowest BCUT2D eigenvalue weighted by molar-refractivity contribution is 0.0557. The van der Waals surface area contributed by atoms with Gasteiger partial charge in [0, 0.05) is 38.2 Å². The summed E-state index contributed by atoms with van der Waals surface area (Å²) < 4.78 is 7.47. The maximum Gasteiger partial charge on any atom is 0.137 e. The zero-order valence-electron chi connectivity index (χ0n) is 11.4. The van der Waals surface area contributed by atoms with E-state index in [4.69, 9.17) is 4.74 Å². The second kappa shape index (κ2) is 5.72. The molecule has 0 aromatic carbocycles. The summed E-state index contributed by atoms with van der Waals surface area (Å²) in [7, 11) is 0. The SMILES string of the molecule is CC(NCc1cn2ccccc2n1)C1CCOCC1. The Bertz CT molecular complexity index is 498. The van der Waals surface area contributed by atoms with Crippen LogP contribution in [0, 0.1) is 5.92 Å². The Hall–Kier alpha value is -1.39. The molecule has 102 valence electrons. The molecule has 0 spiro atoms. The smallest absolute Gasteiger partial charge is 0.137 e. The average molecular weight is 259 g/mol. The highest BCUT2D eigenvalue weighted by atomic mass is 16.5. The molecule has 0 bridgehead atoms. The number of aromatic nitrogens is 2. The molecule has 2 aromatic heterocycles. The molecule has 2 aromatic rings. The molecule has 0 aliphatic carbocycles. The number of ether oxygens (including phenoxy) is 1. The Morgan fingerprint density at radius 2 is 2.26 bits per heavy atom. The summed E-state index contributed by atoms with van der Waals surface area (Å²) in [6, 6.07) is 6.60. The van der Waals surface area contributed by atoms with Gasteiger partial charge in [0.1, 0.15) is 5.65 Å². The lowest BCUT2D eigenvalue weighted by Gasteiger charge is -2.28. The molecular formula is C15H21N3O. The Morgan fingerprint density at radius 1 is 1.42 bits per heavy atom. The van der Waals surface area contributed by atoms with Gasteiger partial charge < -0.3 is 14.5 Å². The van der Waals surface area contributed by atoms with Crippen molar-refractivity contribution in [3.8, 4) is 0 Å². The van der Waals surface area contributed by atoms with E-state index in [-0.39, 0.29) is 0 Å². The van der Waals surface area contributed by atoms with E-state index in [2.05, 4.69) is 27.8 Å². The van der Waals surface area contributed by atoms with Gasteiger partial charge in [0.05, 0.1) is 5.69 Å². The first kappa shape index (κ1) is 12.6. The van der Waals surface area contributed by atoms with E-state index in [0.29, 0.717) is 6.04 Å². The molecule has 3 heterocycles. The van der Waals surface area contributed by atoms with Crippen LogP contribution in [0.5, 0.6) is 0 Å². The number of nitrogens with one attached hydrogen (secondary N) is 1. The summed E-state index contributed by atoms with van der Waals surface area (Å²) in [6.45, 7) is 4.92. The van der Waals surface area contributed by atoms with Crippen molar-refractivity contribution in [1.29, 1.82) is 0 Å². The van der Waals surface area contributed by atoms with Crippen LogP contribution in [-0.2, 0) is 11.3 Å². The lowest BCUT2D eigenvalue weighted by Crippen LogP contribution is -2.36. The van der Waals surface area contributed by atoms with Gasteiger partial charge in [0.25, 0.3) is 0 Å². The van der Waals surface area contributed by atoms with Crippen molar-refractivity contribution < 1.29 is 4.74 Å². The summed E-state index contributed by atoms with van der Waals surface area (Å²) in [5.41, 5.74) is 2.11. The Labute approximate surface area is 113 Å². The summed E-state index contributed by atoms with van der Waals surface area (Å²) in [5.74, 6) is 0.728. The van der Waals surface area contributed by atoms with Crippen LogP contribution in [-0.4, -0.2) is 28.6 Å². The van der Waals surface area contributed by atoms with Gasteiger partial charge in [-0.3, -0.25) is 0 Å². The molecule has 1 aliphatic rings. The summed E-state index contributed by atoms with van der Waals surface area (Å²) in [4.78, 5) is 4.61. The van der Waals surface area contributed by atoms with E-state index in [0.717, 1.165) is 37.0 Å². The van der Waals surface area contributed by atoms with Gasteiger partial charge in [0.15, 0.2) is 0 Å². The molecule has 19 heavy (non-hydrogen) atoms. The maximum absolute atomic E-state index is 5.41. The number of hydrogen-bond donors (Lipinski definition) is 1. The van der Waals surface area contributed by atoms with Crippen LogP contribution in [0.4, 0.5) is 0 Å². The molecule has 1 atom stereocenters. The second-order valence-electron chi connectivity index (χ2n) is 5.32. The standard InChI is InChI=1S/C15H21N3O/c1-12(13-5-8-19-9-6-13)16-10-14-11-18-7-3-2-4-15(18)17-14/h2-4,7,11-13,16H,5-6,8-10H2,1H3. The molecule has 4 nitrogen and oxygen atoms in total. The molecule has 1 unspecified atom stereocenters. The minimum absolute atomic E-state index is 0.522. The van der Waals surface area contributed by atoms with Gasteiger partial charge in [-0.15, -0.1) is 0 Å². The maximum atomic E-state index is 5.41. The van der Waals surface area contributed by atoms with Crippen LogP contribution in [0.1, 0.15) is 25.5 Å². The normalized spacial score (nSPS) is 18.8. The fourth-order valence-electron chi connectivity index (χ4n) is 2.72. The zero-order chi connectivity index (χ0) is 13.1. The molecule has 4 heteroatoms. The second-order valence-corrected chi connectivity index (χ2v) is 5.32. The molecule has 0 saturated carbocycles. The molecule has 1 aliphatic heterocycles. The minimum Gasteiger partial charge on any atom is -0.381 e. The number of rotatable bonds is 4. The minimum atomic E-state index is 0.522. The Balaban J connectivity index is 1.58. The van der Waals surface area contributed by atoms with Crippen LogP contribution in [0.25, 0.3) is 5.65 Å². The summed E-state index contributed by atoms with van der Waals surface area (Å²) in [5, 5.41) is 3.60. The fraction of sp³-hybridized carbons (Fsp3) is 0.533. The molecule has 1 saturated heterocycles. The monoisotopic (exact) mass is 259 g/mol. The average Bonchev–Trinajstić information content (AvgIpc) is 2.88. The first-order valence-corrected chi connectivity index (χ1v) is 7.06. The number of nitrogens with zero attached hydrogens (tertiary/aromatic N) is 2. The van der Waals surface area contributed by atoms with Crippen molar-refractivity contribution in [1.82, 2.24) is 14.7 Å². The Morgan fingerprint density at radius 3 is 3.05 bits per heavy atom. The van der Waals surface area contributed by atoms with E-state index in [1.807, 2.05) is 24.4 Å². The largest absolute Gasteiger partial charge is 0.381 e. The molecule has 3 rings (SSSR count). The molecular weight excluding hydrogens is 238 g/mol. The van der Waals surface area contributed by atoms with E-state index in [1.165, 1.54) is 12.8 Å². The molecule has 1 N–H and O–H groups in total. The molecule has 0 radical (unpaired) electrons. The first-order valence-electron chi connectivity index (χ1n) is 7.06. The van der Waals surface area contributed by atoms with Gasteiger partial charge in [-0.1, -0.05) is 6.07 Å². The van der Waals surface area contributed by atoms with Gasteiger partial charge >= 0.3 is 0 Å². The van der Waals surface area contributed by atoms with Crippen LogP contribution < -0.4 is 5.32 Å². The van der Waals surface area contributed by atoms with Crippen molar-refractivity contribution in [3.05, 3.63) is 36.3 Å². The fourth-order valence-corrected chi connectivity index (χ4v) is 2.72. The highest BCUT2D eigenvalue weighted by Gasteiger charge is 2.20. The van der Waals surface area contributed by atoms with Crippen LogP contribution in [0.3, 0.4) is 0 Å². The lowest BCUT2D eigenvalue weighted by atomic mass is 9.93. The van der Waals surface area contributed by atoms with E-state index >= 15 is 0 Å². The van der Waals surface area contributed by atoms with Crippen molar-refractivity contribution >= 4 is 5.65 Å². The first-order chi connectivity index (χ1) is 9.33. The number of imidazole rings is 1. The third kappa shape index (κ3) is 2.96. The van der Waals surface area contributed by atoms with Crippen LogP contribution in [0.2, 0.25) is 0 Å². The third-order valence-electron chi connectivity index (χ3n) is 3.99. The van der Waals surface area contributed by atoms with E-state index in [9.17, 15) is 0 Å².